The molecule has 0 spiro atoms. The Labute approximate surface area is 142 Å². The van der Waals surface area contributed by atoms with Crippen molar-refractivity contribution in [1.29, 1.82) is 0 Å². The molecule has 0 aliphatic carbocycles. The maximum Gasteiger partial charge on any atom is 0.229 e. The Balaban J connectivity index is 1.75. The Morgan fingerprint density at radius 2 is 2.21 bits per heavy atom. The third-order valence-corrected chi connectivity index (χ3v) is 3.89. The van der Waals surface area contributed by atoms with Crippen molar-refractivity contribution in [3.8, 4) is 5.69 Å². The Morgan fingerprint density at radius 1 is 1.42 bits per heavy atom. The first-order chi connectivity index (χ1) is 11.5. The minimum atomic E-state index is -0.465. The highest BCUT2D eigenvalue weighted by molar-refractivity contribution is 6.29. The Hall–Kier alpha value is -2.67. The van der Waals surface area contributed by atoms with E-state index < -0.39 is 5.82 Å². The van der Waals surface area contributed by atoms with Crippen LogP contribution in [-0.2, 0) is 11.2 Å². The highest BCUT2D eigenvalue weighted by Crippen LogP contribution is 2.22. The minimum Gasteiger partial charge on any atom is -0.344 e. The van der Waals surface area contributed by atoms with Crippen LogP contribution in [-0.4, -0.2) is 20.6 Å². The number of carbonyl (C=O) groups is 1. The number of aryl methyl sites for hydroxylation is 2. The van der Waals surface area contributed by atoms with Gasteiger partial charge in [-0.2, -0.15) is 0 Å². The number of amides is 1. The zero-order valence-electron chi connectivity index (χ0n) is 13.0. The molecule has 0 radical (unpaired) electrons. The maximum atomic E-state index is 14.3. The average Bonchev–Trinajstić information content (AvgIpc) is 3.08. The molecule has 2 heterocycles. The van der Waals surface area contributed by atoms with Crippen molar-refractivity contribution in [2.75, 3.05) is 5.32 Å². The number of benzene rings is 1. The largest absolute Gasteiger partial charge is 0.344 e. The molecule has 0 aliphatic heterocycles. The number of hydrogen-bond acceptors (Lipinski definition) is 4. The molecule has 8 heteroatoms. The van der Waals surface area contributed by atoms with Crippen LogP contribution >= 0.6 is 11.6 Å². The summed E-state index contributed by atoms with van der Waals surface area (Å²) in [5, 5.41) is 6.40. The second-order valence-corrected chi connectivity index (χ2v) is 5.60. The van der Waals surface area contributed by atoms with Crippen molar-refractivity contribution in [1.82, 2.24) is 14.7 Å². The van der Waals surface area contributed by atoms with Crippen LogP contribution in [0.1, 0.15) is 17.1 Å². The lowest BCUT2D eigenvalue weighted by Gasteiger charge is -2.09. The molecule has 0 unspecified atom stereocenters. The lowest BCUT2D eigenvalue weighted by atomic mass is 10.2. The van der Waals surface area contributed by atoms with Crippen molar-refractivity contribution in [2.24, 2.45) is 0 Å². The van der Waals surface area contributed by atoms with Gasteiger partial charge in [-0.3, -0.25) is 4.79 Å². The molecule has 1 aromatic carbocycles. The van der Waals surface area contributed by atoms with Crippen LogP contribution < -0.4 is 5.32 Å². The molecule has 3 aromatic rings. The number of halogens is 2. The van der Waals surface area contributed by atoms with Gasteiger partial charge in [0.05, 0.1) is 17.8 Å². The zero-order chi connectivity index (χ0) is 17.3. The summed E-state index contributed by atoms with van der Waals surface area (Å²) in [6.45, 7) is 3.47. The molecule has 0 fully saturated rings. The first-order valence-electron chi connectivity index (χ1n) is 7.16. The van der Waals surface area contributed by atoms with Crippen LogP contribution in [0, 0.1) is 19.7 Å². The zero-order valence-corrected chi connectivity index (χ0v) is 13.8. The normalized spacial score (nSPS) is 10.8. The topological polar surface area (TPSA) is 73.0 Å². The van der Waals surface area contributed by atoms with Gasteiger partial charge in [0.2, 0.25) is 11.1 Å². The lowest BCUT2D eigenvalue weighted by molar-refractivity contribution is -0.115. The molecular formula is C16H14ClFN4O2. The van der Waals surface area contributed by atoms with E-state index >= 15 is 0 Å². The summed E-state index contributed by atoms with van der Waals surface area (Å²) >= 11 is 5.83. The van der Waals surface area contributed by atoms with Gasteiger partial charge in [-0.25, -0.2) is 9.37 Å². The maximum absolute atomic E-state index is 14.3. The smallest absolute Gasteiger partial charge is 0.229 e. The van der Waals surface area contributed by atoms with Crippen LogP contribution in [0.2, 0.25) is 5.22 Å². The van der Waals surface area contributed by atoms with Gasteiger partial charge in [0.15, 0.2) is 0 Å². The number of nitrogens with one attached hydrogen (secondary N) is 1. The standard InChI is InChI=1S/C16H14ClFN4O2/c1-9-12(16(17)24-21-9)8-15(23)20-11-3-4-14(13(18)7-11)22-6-5-19-10(22)2/h3-7H,8H2,1-2H3,(H,20,23). The molecule has 0 saturated heterocycles. The molecule has 24 heavy (non-hydrogen) atoms. The van der Waals surface area contributed by atoms with Crippen LogP contribution in [0.5, 0.6) is 0 Å². The summed E-state index contributed by atoms with van der Waals surface area (Å²) in [5.74, 6) is -0.134. The van der Waals surface area contributed by atoms with E-state index in [1.54, 1.807) is 42.9 Å². The summed E-state index contributed by atoms with van der Waals surface area (Å²) in [4.78, 5) is 16.1. The number of carbonyl (C=O) groups excluding carboxylic acids is 1. The van der Waals surface area contributed by atoms with Crippen molar-refractivity contribution < 1.29 is 13.7 Å². The van der Waals surface area contributed by atoms with Crippen LogP contribution in [0.3, 0.4) is 0 Å². The molecule has 6 nitrogen and oxygen atoms in total. The Bertz CT molecular complexity index is 884. The monoisotopic (exact) mass is 348 g/mol. The van der Waals surface area contributed by atoms with Gasteiger partial charge in [-0.05, 0) is 43.6 Å². The van der Waals surface area contributed by atoms with Gasteiger partial charge in [0.25, 0.3) is 0 Å². The van der Waals surface area contributed by atoms with Crippen LogP contribution in [0.4, 0.5) is 10.1 Å². The van der Waals surface area contributed by atoms with Gasteiger partial charge in [-0.15, -0.1) is 0 Å². The van der Waals surface area contributed by atoms with Crippen molar-refractivity contribution in [3.63, 3.8) is 0 Å². The molecule has 1 N–H and O–H groups in total. The fourth-order valence-electron chi connectivity index (χ4n) is 2.34. The summed E-state index contributed by atoms with van der Waals surface area (Å²) < 4.78 is 20.7. The van der Waals surface area contributed by atoms with Gasteiger partial charge >= 0.3 is 0 Å². The summed E-state index contributed by atoms with van der Waals surface area (Å²) in [6, 6.07) is 4.46. The fourth-order valence-corrected chi connectivity index (χ4v) is 2.57. The predicted molar refractivity (Wildman–Crippen MR) is 86.8 cm³/mol. The third kappa shape index (κ3) is 3.16. The number of anilines is 1. The van der Waals surface area contributed by atoms with E-state index in [1.807, 2.05) is 0 Å². The van der Waals surface area contributed by atoms with Crippen molar-refractivity contribution in [2.45, 2.75) is 20.3 Å². The van der Waals surface area contributed by atoms with E-state index in [-0.39, 0.29) is 17.5 Å². The Kier molecular flexibility index (Phi) is 4.35. The molecule has 0 saturated carbocycles. The van der Waals surface area contributed by atoms with E-state index in [9.17, 15) is 9.18 Å². The first kappa shape index (κ1) is 16.2. The van der Waals surface area contributed by atoms with Crippen molar-refractivity contribution >= 4 is 23.2 Å². The Morgan fingerprint density at radius 3 is 2.79 bits per heavy atom. The summed E-state index contributed by atoms with van der Waals surface area (Å²) in [7, 11) is 0. The van der Waals surface area contributed by atoms with Crippen LogP contribution in [0.25, 0.3) is 5.69 Å². The number of aromatic nitrogens is 3. The number of hydrogen-bond donors (Lipinski definition) is 1. The highest BCUT2D eigenvalue weighted by Gasteiger charge is 2.16. The quantitative estimate of drug-likeness (QED) is 0.783. The molecule has 0 aliphatic rings. The predicted octanol–water partition coefficient (Wildman–Crippen LogP) is 3.45. The molecule has 3 rings (SSSR count). The molecule has 2 aromatic heterocycles. The summed E-state index contributed by atoms with van der Waals surface area (Å²) in [6.07, 6.45) is 3.26. The fraction of sp³-hybridized carbons (Fsp3) is 0.188. The van der Waals surface area contributed by atoms with E-state index in [0.29, 0.717) is 28.5 Å². The van der Waals surface area contributed by atoms with Crippen LogP contribution in [0.15, 0.2) is 35.1 Å². The molecular weight excluding hydrogens is 335 g/mol. The second kappa shape index (κ2) is 6.45. The van der Waals surface area contributed by atoms with Gasteiger partial charge in [-0.1, -0.05) is 5.16 Å². The average molecular weight is 349 g/mol. The van der Waals surface area contributed by atoms with Crippen molar-refractivity contribution in [3.05, 3.63) is 58.7 Å². The number of nitrogens with zero attached hydrogens (tertiary/aromatic N) is 3. The lowest BCUT2D eigenvalue weighted by Crippen LogP contribution is -2.15. The second-order valence-electron chi connectivity index (χ2n) is 5.26. The SMILES string of the molecule is Cc1noc(Cl)c1CC(=O)Nc1ccc(-n2ccnc2C)c(F)c1. The molecule has 0 bridgehead atoms. The minimum absolute atomic E-state index is 0.00182. The van der Waals surface area contributed by atoms with E-state index in [1.165, 1.54) is 6.07 Å². The van der Waals surface area contributed by atoms with Gasteiger partial charge < -0.3 is 14.4 Å². The third-order valence-electron chi connectivity index (χ3n) is 3.59. The molecule has 0 atom stereocenters. The first-order valence-corrected chi connectivity index (χ1v) is 7.54. The van der Waals surface area contributed by atoms with E-state index in [4.69, 9.17) is 16.1 Å². The van der Waals surface area contributed by atoms with E-state index in [0.717, 1.165) is 0 Å². The number of rotatable bonds is 4. The van der Waals surface area contributed by atoms with Gasteiger partial charge in [0.1, 0.15) is 11.6 Å². The summed E-state index contributed by atoms with van der Waals surface area (Å²) in [5.41, 5.74) is 1.78. The highest BCUT2D eigenvalue weighted by atomic mass is 35.5. The number of imidazole rings is 1. The van der Waals surface area contributed by atoms with E-state index in [2.05, 4.69) is 15.5 Å². The molecule has 124 valence electrons. The van der Waals surface area contributed by atoms with Gasteiger partial charge in [0, 0.05) is 23.6 Å². The molecule has 1 amide bonds.